The number of pyridine rings is 2. The molecule has 73 heavy (non-hydrogen) atoms. The van der Waals surface area contributed by atoms with Gasteiger partial charge in [0, 0.05) is 75.8 Å². The molecule has 12 rings (SSSR count). The van der Waals surface area contributed by atoms with Crippen molar-refractivity contribution in [3.63, 3.8) is 0 Å². The zero-order chi connectivity index (χ0) is 49.7. The summed E-state index contributed by atoms with van der Waals surface area (Å²) in [5.74, 6) is 1.95. The van der Waals surface area contributed by atoms with E-state index in [9.17, 15) is 0 Å². The van der Waals surface area contributed by atoms with Crippen LogP contribution >= 0.6 is 0 Å². The van der Waals surface area contributed by atoms with Gasteiger partial charge in [0.2, 0.25) is 5.69 Å². The van der Waals surface area contributed by atoms with Crippen molar-refractivity contribution in [1.29, 1.82) is 0 Å². The summed E-state index contributed by atoms with van der Waals surface area (Å²) in [6.45, 7) is 20.4. The van der Waals surface area contributed by atoms with Crippen LogP contribution in [0.2, 0.25) is 0 Å². The number of benzene rings is 7. The Morgan fingerprint density at radius 3 is 1.88 bits per heavy atom. The minimum atomic E-state index is -0.0765. The van der Waals surface area contributed by atoms with E-state index in [0.717, 1.165) is 67.2 Å². The van der Waals surface area contributed by atoms with Gasteiger partial charge in [0.25, 0.3) is 5.69 Å². The minimum Gasteiger partial charge on any atom is -0.509 e. The number of aromatic nitrogens is 4. The summed E-state index contributed by atoms with van der Waals surface area (Å²) < 4.78 is 15.7. The first kappa shape index (κ1) is 47.6. The van der Waals surface area contributed by atoms with E-state index in [1.54, 1.807) is 0 Å². The fourth-order valence-electron chi connectivity index (χ4n) is 10.2. The van der Waals surface area contributed by atoms with Crippen LogP contribution in [0.4, 0.5) is 22.7 Å². The Balaban J connectivity index is 0.00000574. The van der Waals surface area contributed by atoms with E-state index in [-0.39, 0.29) is 37.3 Å². The summed E-state index contributed by atoms with van der Waals surface area (Å²) in [7, 11) is 0. The van der Waals surface area contributed by atoms with E-state index in [1.165, 1.54) is 38.5 Å². The van der Waals surface area contributed by atoms with E-state index in [0.29, 0.717) is 11.5 Å². The van der Waals surface area contributed by atoms with Gasteiger partial charge in [0.05, 0.1) is 16.6 Å². The van der Waals surface area contributed by atoms with Crippen LogP contribution in [0.15, 0.2) is 176 Å². The molecule has 0 saturated heterocycles. The third-order valence-corrected chi connectivity index (χ3v) is 14.1. The topological polar surface area (TPSA) is 50.9 Å². The maximum Gasteiger partial charge on any atom is 2.00 e. The molecule has 1 aliphatic rings. The van der Waals surface area contributed by atoms with Crippen molar-refractivity contribution in [2.45, 2.75) is 78.6 Å². The van der Waals surface area contributed by atoms with Gasteiger partial charge < -0.3 is 13.9 Å². The molecule has 0 amide bonds. The van der Waals surface area contributed by atoms with Gasteiger partial charge in [0.1, 0.15) is 11.5 Å². The molecular formula is C65H56N6OPt+2. The van der Waals surface area contributed by atoms with Crippen LogP contribution in [0, 0.1) is 12.1 Å². The van der Waals surface area contributed by atoms with Crippen LogP contribution in [-0.4, -0.2) is 25.1 Å². The zero-order valence-electron chi connectivity index (χ0n) is 42.7. The summed E-state index contributed by atoms with van der Waals surface area (Å²) in [5, 5.41) is 4.60. The van der Waals surface area contributed by atoms with Gasteiger partial charge in [-0.05, 0) is 97.5 Å². The van der Waals surface area contributed by atoms with Crippen LogP contribution in [0.3, 0.4) is 0 Å². The summed E-state index contributed by atoms with van der Waals surface area (Å²) in [6, 6.07) is 67.2. The Morgan fingerprint density at radius 2 is 1.19 bits per heavy atom. The molecular weight excluding hydrogens is 1080 g/mol. The van der Waals surface area contributed by atoms with Crippen LogP contribution < -0.4 is 13.9 Å². The smallest absolute Gasteiger partial charge is 0.509 e. The summed E-state index contributed by atoms with van der Waals surface area (Å²) in [5.41, 5.74) is 14.8. The Hall–Kier alpha value is -7.69. The van der Waals surface area contributed by atoms with Crippen LogP contribution in [-0.2, 0) is 37.3 Å². The third kappa shape index (κ3) is 8.41. The molecule has 5 heterocycles. The fraction of sp³-hybridized carbons (Fsp3) is 0.185. The molecule has 4 aromatic heterocycles. The first-order valence-electron chi connectivity index (χ1n) is 24.8. The molecule has 0 unspecified atom stereocenters. The maximum atomic E-state index is 6.80. The standard InChI is InChI=1S/C65H56N6O.Pt/c1-63(2,3)43-30-32-67-61(36-43)71-58-29-26-47(70-56-23-12-10-20-52(56)53-21-11-13-24-57(53)70)38-55(58)54-28-27-50(39-60(54)71)72-49-19-14-18-46(37-49)68-41-69(48-34-44(64(4,5)6)33-45(35-48)65(7,8)9)62-51(22-15-25-59(62)68)42-17-16-31-66-40-42;/h10-36,38,40H,1-9H3;/q;+2. The van der Waals surface area contributed by atoms with E-state index in [1.807, 2.05) is 42.9 Å². The van der Waals surface area contributed by atoms with Crippen molar-refractivity contribution in [2.24, 2.45) is 0 Å². The van der Waals surface area contributed by atoms with Gasteiger partial charge in [-0.1, -0.05) is 139 Å². The molecule has 0 N–H and O–H groups in total. The average molecular weight is 1130 g/mol. The molecule has 0 radical (unpaired) electrons. The predicted molar refractivity (Wildman–Crippen MR) is 297 cm³/mol. The van der Waals surface area contributed by atoms with E-state index < -0.39 is 0 Å². The molecule has 0 saturated carbocycles. The summed E-state index contributed by atoms with van der Waals surface area (Å²) >= 11 is 0. The molecule has 0 fully saturated rings. The molecule has 0 aliphatic carbocycles. The van der Waals surface area contributed by atoms with Gasteiger partial charge in [-0.3, -0.25) is 4.98 Å². The molecule has 0 atom stereocenters. The van der Waals surface area contributed by atoms with Crippen LogP contribution in [0.25, 0.3) is 66.2 Å². The molecule has 360 valence electrons. The Kier molecular flexibility index (Phi) is 11.6. The van der Waals surface area contributed by atoms with Crippen molar-refractivity contribution in [2.75, 3.05) is 0 Å². The Labute approximate surface area is 441 Å². The van der Waals surface area contributed by atoms with Gasteiger partial charge in [-0.25, -0.2) is 4.98 Å². The molecule has 7 nitrogen and oxygen atoms in total. The number of hydrogen-bond acceptors (Lipinski definition) is 3. The SMILES string of the molecule is CC(C)(C)c1cc([N+]2=C=[N+](c3[c-]c(Oc4[c-]c5c(cc4)c4cc(-n6c7ccccc7c7ccccc76)ccc4n5-c4cc(C(C)(C)C)ccn4)ccc3)c3cccc(-c4cccnc4)c32)cc(C(C)(C)C)c1.[Pt+2]. The van der Waals surface area contributed by atoms with Crippen molar-refractivity contribution < 1.29 is 25.8 Å². The minimum absolute atomic E-state index is 0. The van der Waals surface area contributed by atoms with Gasteiger partial charge in [-0.15, -0.1) is 23.6 Å². The molecule has 1 aliphatic heterocycles. The molecule has 7 aromatic carbocycles. The van der Waals surface area contributed by atoms with Crippen LogP contribution in [0.1, 0.15) is 79.0 Å². The van der Waals surface area contributed by atoms with Crippen molar-refractivity contribution in [3.8, 4) is 34.1 Å². The molecule has 11 aromatic rings. The van der Waals surface area contributed by atoms with Crippen molar-refractivity contribution in [1.82, 2.24) is 28.3 Å². The number of nitrogens with zero attached hydrogens (tertiary/aromatic N) is 6. The molecule has 0 bridgehead atoms. The van der Waals surface area contributed by atoms with E-state index in [4.69, 9.17) is 9.72 Å². The maximum absolute atomic E-state index is 6.80. The number of rotatable bonds is 7. The second kappa shape index (κ2) is 17.8. The third-order valence-electron chi connectivity index (χ3n) is 14.1. The van der Waals surface area contributed by atoms with Crippen LogP contribution in [0.5, 0.6) is 11.5 Å². The summed E-state index contributed by atoms with van der Waals surface area (Å²) in [4.78, 5) is 9.52. The average Bonchev–Trinajstić information content (AvgIpc) is 4.04. The number of hydrogen-bond donors (Lipinski definition) is 0. The van der Waals surface area contributed by atoms with Gasteiger partial charge in [0.15, 0.2) is 0 Å². The van der Waals surface area contributed by atoms with Gasteiger partial charge >= 0.3 is 32.8 Å². The van der Waals surface area contributed by atoms with Crippen molar-refractivity contribution in [3.05, 3.63) is 205 Å². The number of para-hydroxylation sites is 3. The fourth-order valence-corrected chi connectivity index (χ4v) is 10.2. The normalized spacial score (nSPS) is 12.8. The van der Waals surface area contributed by atoms with Crippen molar-refractivity contribution >= 4 is 72.4 Å². The Bertz CT molecular complexity index is 3970. The molecule has 8 heteroatoms. The zero-order valence-corrected chi connectivity index (χ0v) is 44.9. The molecule has 0 spiro atoms. The first-order valence-corrected chi connectivity index (χ1v) is 24.8. The first-order chi connectivity index (χ1) is 34.6. The van der Waals surface area contributed by atoms with Gasteiger partial charge in [-0.2, -0.15) is 12.1 Å². The van der Waals surface area contributed by atoms with E-state index in [2.05, 4.69) is 237 Å². The second-order valence-electron chi connectivity index (χ2n) is 22.1. The number of fused-ring (bicyclic) bond motifs is 7. The second-order valence-corrected chi connectivity index (χ2v) is 22.1. The quantitative estimate of drug-likeness (QED) is 0.118. The van der Waals surface area contributed by atoms with E-state index >= 15 is 0 Å². The predicted octanol–water partition coefficient (Wildman–Crippen LogP) is 16.5. The summed E-state index contributed by atoms with van der Waals surface area (Å²) in [6.07, 6.45) is 5.66. The Morgan fingerprint density at radius 1 is 0.521 bits per heavy atom. The monoisotopic (exact) mass is 1130 g/mol. The largest absolute Gasteiger partial charge is 2.00 e. The number of ether oxygens (including phenoxy) is 1.